The lowest BCUT2D eigenvalue weighted by Crippen LogP contribution is -2.43. The molecule has 1 heterocycles. The van der Waals surface area contributed by atoms with Gasteiger partial charge in [0.2, 0.25) is 0 Å². The summed E-state index contributed by atoms with van der Waals surface area (Å²) < 4.78 is 5.66. The molecule has 5 nitrogen and oxygen atoms in total. The minimum Gasteiger partial charge on any atom is -0.468 e. The third-order valence-electron chi connectivity index (χ3n) is 4.19. The molecule has 1 unspecified atom stereocenters. The van der Waals surface area contributed by atoms with Crippen molar-refractivity contribution in [2.45, 2.75) is 33.4 Å². The van der Waals surface area contributed by atoms with Crippen molar-refractivity contribution < 1.29 is 4.42 Å². The second kappa shape index (κ2) is 12.8. The number of hydrogen-bond acceptors (Lipinski definition) is 3. The molecule has 2 aromatic rings. The normalized spacial score (nSPS) is 12.5. The van der Waals surface area contributed by atoms with Gasteiger partial charge >= 0.3 is 0 Å². The van der Waals surface area contributed by atoms with Crippen molar-refractivity contribution in [3.05, 3.63) is 60.1 Å². The minimum absolute atomic E-state index is 0. The maximum Gasteiger partial charge on any atom is 0.191 e. The van der Waals surface area contributed by atoms with Crippen molar-refractivity contribution in [3.63, 3.8) is 0 Å². The molecule has 6 heteroatoms. The molecule has 0 aliphatic heterocycles. The van der Waals surface area contributed by atoms with Crippen LogP contribution in [0.4, 0.5) is 0 Å². The molecule has 0 radical (unpaired) electrons. The molecular formula is C20H31IN4O. The van der Waals surface area contributed by atoms with Crippen LogP contribution < -0.4 is 10.6 Å². The van der Waals surface area contributed by atoms with Crippen molar-refractivity contribution in [2.75, 3.05) is 26.2 Å². The number of halogens is 1. The van der Waals surface area contributed by atoms with Crippen LogP contribution in [0.25, 0.3) is 0 Å². The second-order valence-electron chi connectivity index (χ2n) is 5.81. The van der Waals surface area contributed by atoms with E-state index in [4.69, 9.17) is 9.41 Å². The van der Waals surface area contributed by atoms with Gasteiger partial charge in [-0.3, -0.25) is 4.90 Å². The van der Waals surface area contributed by atoms with E-state index in [-0.39, 0.29) is 30.0 Å². The van der Waals surface area contributed by atoms with Gasteiger partial charge in [-0.25, -0.2) is 4.99 Å². The molecule has 0 aliphatic carbocycles. The standard InChI is InChI=1S/C20H30N4O.HI/c1-4-21-20(22-15-17-11-8-7-9-12-17)23-16-18(24(5-2)6-3)19-13-10-14-25-19;/h7-14,18H,4-6,15-16H2,1-3H3,(H2,21,22,23);1H. The molecule has 2 N–H and O–H groups in total. The molecule has 0 amide bonds. The number of guanidine groups is 1. The van der Waals surface area contributed by atoms with Gasteiger partial charge in [-0.1, -0.05) is 44.2 Å². The summed E-state index contributed by atoms with van der Waals surface area (Å²) in [5.41, 5.74) is 1.20. The van der Waals surface area contributed by atoms with Crippen LogP contribution in [-0.2, 0) is 6.54 Å². The number of rotatable bonds is 9. The van der Waals surface area contributed by atoms with E-state index in [0.717, 1.165) is 37.9 Å². The Morgan fingerprint density at radius 3 is 2.35 bits per heavy atom. The number of aliphatic imine (C=N–C) groups is 1. The molecule has 0 bridgehead atoms. The van der Waals surface area contributed by atoms with Crippen LogP contribution in [-0.4, -0.2) is 37.0 Å². The van der Waals surface area contributed by atoms with E-state index < -0.39 is 0 Å². The summed E-state index contributed by atoms with van der Waals surface area (Å²) in [5, 5.41) is 6.78. The van der Waals surface area contributed by atoms with Crippen LogP contribution in [0.2, 0.25) is 0 Å². The van der Waals surface area contributed by atoms with Crippen molar-refractivity contribution in [1.29, 1.82) is 0 Å². The summed E-state index contributed by atoms with van der Waals surface area (Å²) in [4.78, 5) is 7.07. The zero-order valence-electron chi connectivity index (χ0n) is 15.9. The molecule has 26 heavy (non-hydrogen) atoms. The summed E-state index contributed by atoms with van der Waals surface area (Å²) >= 11 is 0. The van der Waals surface area contributed by atoms with Crippen LogP contribution in [0.3, 0.4) is 0 Å². The molecule has 1 atom stereocenters. The third-order valence-corrected chi connectivity index (χ3v) is 4.19. The number of hydrogen-bond donors (Lipinski definition) is 2. The van der Waals surface area contributed by atoms with Gasteiger partial charge in [-0.2, -0.15) is 0 Å². The van der Waals surface area contributed by atoms with Crippen molar-refractivity contribution in [2.24, 2.45) is 4.99 Å². The average molecular weight is 470 g/mol. The number of nitrogens with zero attached hydrogens (tertiary/aromatic N) is 2. The van der Waals surface area contributed by atoms with E-state index in [1.54, 1.807) is 6.26 Å². The fraction of sp³-hybridized carbons (Fsp3) is 0.450. The quantitative estimate of drug-likeness (QED) is 0.330. The summed E-state index contributed by atoms with van der Waals surface area (Å²) in [5.74, 6) is 1.81. The Morgan fingerprint density at radius 2 is 1.77 bits per heavy atom. The van der Waals surface area contributed by atoms with E-state index in [1.165, 1.54) is 5.56 Å². The van der Waals surface area contributed by atoms with Gasteiger partial charge in [-0.05, 0) is 37.7 Å². The fourth-order valence-electron chi connectivity index (χ4n) is 2.84. The largest absolute Gasteiger partial charge is 0.468 e. The Bertz CT molecular complexity index is 612. The van der Waals surface area contributed by atoms with Crippen molar-refractivity contribution in [1.82, 2.24) is 15.5 Å². The highest BCUT2D eigenvalue weighted by Gasteiger charge is 2.20. The number of nitrogens with one attached hydrogen (secondary N) is 2. The van der Waals surface area contributed by atoms with E-state index >= 15 is 0 Å². The smallest absolute Gasteiger partial charge is 0.191 e. The van der Waals surface area contributed by atoms with E-state index in [2.05, 4.69) is 48.4 Å². The van der Waals surface area contributed by atoms with Gasteiger partial charge in [0.1, 0.15) is 5.76 Å². The first-order valence-corrected chi connectivity index (χ1v) is 9.12. The van der Waals surface area contributed by atoms with Crippen molar-refractivity contribution >= 4 is 29.9 Å². The molecular weight excluding hydrogens is 439 g/mol. The lowest BCUT2D eigenvalue weighted by atomic mass is 10.2. The summed E-state index contributed by atoms with van der Waals surface area (Å²) in [6, 6.07) is 14.5. The van der Waals surface area contributed by atoms with Crippen LogP contribution in [0.1, 0.15) is 38.1 Å². The second-order valence-corrected chi connectivity index (χ2v) is 5.81. The van der Waals surface area contributed by atoms with Crippen LogP contribution >= 0.6 is 24.0 Å². The maximum atomic E-state index is 5.66. The molecule has 0 saturated carbocycles. The van der Waals surface area contributed by atoms with Crippen LogP contribution in [0, 0.1) is 0 Å². The zero-order chi connectivity index (χ0) is 17.9. The molecule has 0 fully saturated rings. The molecule has 1 aromatic heterocycles. The van der Waals surface area contributed by atoms with E-state index in [0.29, 0.717) is 6.54 Å². The van der Waals surface area contributed by atoms with E-state index in [9.17, 15) is 0 Å². The minimum atomic E-state index is 0. The molecule has 0 saturated heterocycles. The van der Waals surface area contributed by atoms with Gasteiger partial charge < -0.3 is 15.1 Å². The third kappa shape index (κ3) is 6.99. The Labute approximate surface area is 174 Å². The fourth-order valence-corrected chi connectivity index (χ4v) is 2.84. The summed E-state index contributed by atoms with van der Waals surface area (Å²) in [6.07, 6.45) is 1.74. The van der Waals surface area contributed by atoms with Crippen molar-refractivity contribution in [3.8, 4) is 0 Å². The lowest BCUT2D eigenvalue weighted by Gasteiger charge is -2.28. The topological polar surface area (TPSA) is 52.8 Å². The highest BCUT2D eigenvalue weighted by molar-refractivity contribution is 14.0. The average Bonchev–Trinajstić information content (AvgIpc) is 3.18. The Kier molecular flexibility index (Phi) is 11.0. The van der Waals surface area contributed by atoms with Crippen LogP contribution in [0.5, 0.6) is 0 Å². The van der Waals surface area contributed by atoms with Gasteiger partial charge in [-0.15, -0.1) is 24.0 Å². The molecule has 0 aliphatic rings. The van der Waals surface area contributed by atoms with Gasteiger partial charge in [0, 0.05) is 13.1 Å². The highest BCUT2D eigenvalue weighted by atomic mass is 127. The molecule has 1 aromatic carbocycles. The predicted octanol–water partition coefficient (Wildman–Crippen LogP) is 4.04. The Balaban J connectivity index is 0.00000338. The van der Waals surface area contributed by atoms with Gasteiger partial charge in [0.15, 0.2) is 5.96 Å². The number of benzene rings is 1. The first-order valence-electron chi connectivity index (χ1n) is 9.12. The molecule has 2 rings (SSSR count). The SMILES string of the molecule is CCNC(=NCc1ccccc1)NCC(c1ccco1)N(CC)CC.I. The lowest BCUT2D eigenvalue weighted by molar-refractivity contribution is 0.193. The van der Waals surface area contributed by atoms with E-state index in [1.807, 2.05) is 30.3 Å². The summed E-state index contributed by atoms with van der Waals surface area (Å²) in [7, 11) is 0. The summed E-state index contributed by atoms with van der Waals surface area (Å²) in [6.45, 7) is 10.6. The highest BCUT2D eigenvalue weighted by Crippen LogP contribution is 2.20. The van der Waals surface area contributed by atoms with Gasteiger partial charge in [0.25, 0.3) is 0 Å². The first kappa shape index (κ1) is 22.5. The van der Waals surface area contributed by atoms with Gasteiger partial charge in [0.05, 0.1) is 18.8 Å². The Hall–Kier alpha value is -1.54. The Morgan fingerprint density at radius 1 is 1.04 bits per heavy atom. The number of furan rings is 1. The monoisotopic (exact) mass is 470 g/mol. The molecule has 144 valence electrons. The molecule has 0 spiro atoms. The first-order chi connectivity index (χ1) is 12.3. The van der Waals surface area contributed by atoms with Crippen LogP contribution in [0.15, 0.2) is 58.1 Å². The zero-order valence-corrected chi connectivity index (χ0v) is 18.3. The maximum absolute atomic E-state index is 5.66. The predicted molar refractivity (Wildman–Crippen MR) is 119 cm³/mol. The number of likely N-dealkylation sites (N-methyl/N-ethyl adjacent to an activating group) is 1.